The molecule has 1 amide bonds. The van der Waals surface area contributed by atoms with Gasteiger partial charge in [0.2, 0.25) is 0 Å². The van der Waals surface area contributed by atoms with Gasteiger partial charge >= 0.3 is 0 Å². The van der Waals surface area contributed by atoms with Crippen LogP contribution in [-0.2, 0) is 11.3 Å². The average Bonchev–Trinajstić information content (AvgIpc) is 2.74. The van der Waals surface area contributed by atoms with Crippen molar-refractivity contribution in [3.8, 4) is 5.75 Å². The molecule has 0 atom stereocenters. The van der Waals surface area contributed by atoms with Gasteiger partial charge in [0.15, 0.2) is 6.61 Å². The molecule has 28 heavy (non-hydrogen) atoms. The molecule has 1 heterocycles. The molecular weight excluding hydrogens is 372 g/mol. The van der Waals surface area contributed by atoms with E-state index in [-0.39, 0.29) is 12.5 Å². The van der Waals surface area contributed by atoms with Crippen LogP contribution >= 0.6 is 11.6 Å². The summed E-state index contributed by atoms with van der Waals surface area (Å²) in [7, 11) is 0. The van der Waals surface area contributed by atoms with Crippen molar-refractivity contribution < 1.29 is 14.4 Å². The molecule has 0 bridgehead atoms. The monoisotopic (exact) mass is 395 g/mol. The molecule has 0 radical (unpaired) electrons. The Morgan fingerprint density at radius 3 is 2.46 bits per heavy atom. The molecule has 0 saturated carbocycles. The van der Waals surface area contributed by atoms with E-state index in [4.69, 9.17) is 16.3 Å². The second kappa shape index (κ2) is 8.63. The molecule has 1 aliphatic heterocycles. The molecule has 4 rings (SSSR count). The molecule has 1 saturated heterocycles. The molecule has 1 aliphatic rings. The van der Waals surface area contributed by atoms with E-state index < -0.39 is 0 Å². The van der Waals surface area contributed by atoms with Gasteiger partial charge in [0.25, 0.3) is 5.91 Å². The van der Waals surface area contributed by atoms with Gasteiger partial charge in [-0.2, -0.15) is 0 Å². The lowest BCUT2D eigenvalue weighted by molar-refractivity contribution is -0.917. The fourth-order valence-corrected chi connectivity index (χ4v) is 3.86. The number of carbonyl (C=O) groups excluding carboxylic acids is 1. The molecule has 3 aromatic rings. The molecule has 0 spiro atoms. The lowest BCUT2D eigenvalue weighted by Crippen LogP contribution is -3.13. The Balaban J connectivity index is 1.29. The second-order valence-corrected chi connectivity index (χ2v) is 7.62. The summed E-state index contributed by atoms with van der Waals surface area (Å²) in [5, 5.41) is 3.27. The van der Waals surface area contributed by atoms with Crippen molar-refractivity contribution in [2.45, 2.75) is 6.54 Å². The van der Waals surface area contributed by atoms with Crippen LogP contribution in [0.1, 0.15) is 5.56 Å². The van der Waals surface area contributed by atoms with Crippen LogP contribution in [-0.4, -0.2) is 43.6 Å². The van der Waals surface area contributed by atoms with E-state index in [0.717, 1.165) is 32.7 Å². The van der Waals surface area contributed by atoms with Crippen molar-refractivity contribution in [3.05, 3.63) is 77.3 Å². The third kappa shape index (κ3) is 4.46. The highest BCUT2D eigenvalue weighted by atomic mass is 35.5. The molecule has 3 aromatic carbocycles. The molecule has 5 heteroatoms. The third-order valence-electron chi connectivity index (χ3n) is 5.32. The number of fused-ring (bicyclic) bond motifs is 1. The first kappa shape index (κ1) is 18.8. The number of quaternary nitrogens is 1. The first-order valence-corrected chi connectivity index (χ1v) is 10.0. The van der Waals surface area contributed by atoms with E-state index >= 15 is 0 Å². The smallest absolute Gasteiger partial charge is 0.260 e. The van der Waals surface area contributed by atoms with E-state index in [0.29, 0.717) is 10.8 Å². The van der Waals surface area contributed by atoms with Crippen molar-refractivity contribution in [1.29, 1.82) is 0 Å². The summed E-state index contributed by atoms with van der Waals surface area (Å²) >= 11 is 5.87. The van der Waals surface area contributed by atoms with Crippen LogP contribution < -0.4 is 9.64 Å². The number of ether oxygens (including phenoxy) is 1. The van der Waals surface area contributed by atoms with Crippen LogP contribution in [0.25, 0.3) is 10.8 Å². The summed E-state index contributed by atoms with van der Waals surface area (Å²) < 4.78 is 5.59. The number of benzene rings is 3. The van der Waals surface area contributed by atoms with Crippen LogP contribution in [0.2, 0.25) is 5.02 Å². The minimum Gasteiger partial charge on any atom is -0.484 e. The lowest BCUT2D eigenvalue weighted by atomic mass is 10.0. The molecule has 144 valence electrons. The summed E-state index contributed by atoms with van der Waals surface area (Å²) in [6.07, 6.45) is 0. The fourth-order valence-electron chi connectivity index (χ4n) is 3.73. The predicted molar refractivity (Wildman–Crippen MR) is 112 cm³/mol. The van der Waals surface area contributed by atoms with Crippen molar-refractivity contribution in [2.75, 3.05) is 32.8 Å². The van der Waals surface area contributed by atoms with Gasteiger partial charge in [0, 0.05) is 10.6 Å². The van der Waals surface area contributed by atoms with E-state index in [1.165, 1.54) is 21.2 Å². The summed E-state index contributed by atoms with van der Waals surface area (Å²) in [5.74, 6) is 0.706. The van der Waals surface area contributed by atoms with Gasteiger partial charge in [0.1, 0.15) is 12.3 Å². The predicted octanol–water partition coefficient (Wildman–Crippen LogP) is 2.80. The maximum Gasteiger partial charge on any atom is 0.260 e. The summed E-state index contributed by atoms with van der Waals surface area (Å²) in [6, 6.07) is 22.1. The zero-order valence-corrected chi connectivity index (χ0v) is 16.5. The molecule has 1 fully saturated rings. The van der Waals surface area contributed by atoms with E-state index in [9.17, 15) is 4.79 Å². The van der Waals surface area contributed by atoms with Crippen LogP contribution in [0.3, 0.4) is 0 Å². The van der Waals surface area contributed by atoms with Gasteiger partial charge in [-0.15, -0.1) is 0 Å². The zero-order chi connectivity index (χ0) is 19.3. The number of halogens is 1. The first-order valence-electron chi connectivity index (χ1n) is 9.65. The SMILES string of the molecule is O=C(COc1ccc(Cl)cc1)N1CC[NH+](Cc2cccc3ccccc23)CC1. The van der Waals surface area contributed by atoms with Gasteiger partial charge in [-0.3, -0.25) is 4.79 Å². The number of hydrogen-bond donors (Lipinski definition) is 1. The Labute approximate surface area is 170 Å². The number of rotatable bonds is 5. The number of nitrogens with one attached hydrogen (secondary N) is 1. The van der Waals surface area contributed by atoms with E-state index in [1.807, 2.05) is 4.90 Å². The summed E-state index contributed by atoms with van der Waals surface area (Å²) in [4.78, 5) is 15.9. The van der Waals surface area contributed by atoms with Crippen molar-refractivity contribution in [3.63, 3.8) is 0 Å². The van der Waals surface area contributed by atoms with Crippen LogP contribution in [0, 0.1) is 0 Å². The largest absolute Gasteiger partial charge is 0.484 e. The molecule has 1 N–H and O–H groups in total. The number of hydrogen-bond acceptors (Lipinski definition) is 2. The topological polar surface area (TPSA) is 34.0 Å². The van der Waals surface area contributed by atoms with E-state index in [2.05, 4.69) is 42.5 Å². The average molecular weight is 396 g/mol. The Kier molecular flexibility index (Phi) is 5.79. The quantitative estimate of drug-likeness (QED) is 0.720. The van der Waals surface area contributed by atoms with Crippen LogP contribution in [0.15, 0.2) is 66.7 Å². The fraction of sp³-hybridized carbons (Fsp3) is 0.261. The van der Waals surface area contributed by atoms with Crippen LogP contribution in [0.4, 0.5) is 0 Å². The molecule has 4 nitrogen and oxygen atoms in total. The zero-order valence-electron chi connectivity index (χ0n) is 15.7. The minimum absolute atomic E-state index is 0.0409. The number of amides is 1. The van der Waals surface area contributed by atoms with Gasteiger partial charge in [-0.25, -0.2) is 0 Å². The maximum atomic E-state index is 12.4. The van der Waals surface area contributed by atoms with Gasteiger partial charge in [0.05, 0.1) is 26.2 Å². The molecular formula is C23H24ClN2O2+. The minimum atomic E-state index is 0.0409. The molecule has 0 aliphatic carbocycles. The lowest BCUT2D eigenvalue weighted by Gasteiger charge is -2.32. The highest BCUT2D eigenvalue weighted by Crippen LogP contribution is 2.18. The number of piperazine rings is 1. The van der Waals surface area contributed by atoms with Crippen molar-refractivity contribution >= 4 is 28.3 Å². The van der Waals surface area contributed by atoms with Gasteiger partial charge < -0.3 is 14.5 Å². The number of nitrogens with zero attached hydrogens (tertiary/aromatic N) is 1. The van der Waals surface area contributed by atoms with Gasteiger partial charge in [-0.1, -0.05) is 54.1 Å². The van der Waals surface area contributed by atoms with Crippen molar-refractivity contribution in [2.24, 2.45) is 0 Å². The highest BCUT2D eigenvalue weighted by molar-refractivity contribution is 6.30. The van der Waals surface area contributed by atoms with Crippen LogP contribution in [0.5, 0.6) is 5.75 Å². The van der Waals surface area contributed by atoms with E-state index in [1.54, 1.807) is 24.3 Å². The Morgan fingerprint density at radius 1 is 0.964 bits per heavy atom. The second-order valence-electron chi connectivity index (χ2n) is 7.19. The molecule has 0 aromatic heterocycles. The summed E-state index contributed by atoms with van der Waals surface area (Å²) in [5.41, 5.74) is 1.37. The number of carbonyl (C=O) groups is 1. The summed E-state index contributed by atoms with van der Waals surface area (Å²) in [6.45, 7) is 4.50. The Hall–Kier alpha value is -2.56. The Bertz CT molecular complexity index is 945. The maximum absolute atomic E-state index is 12.4. The third-order valence-corrected chi connectivity index (χ3v) is 5.57. The van der Waals surface area contributed by atoms with Crippen molar-refractivity contribution in [1.82, 2.24) is 4.90 Å². The highest BCUT2D eigenvalue weighted by Gasteiger charge is 2.24. The normalized spacial score (nSPS) is 15.0. The molecule has 0 unspecified atom stereocenters. The standard InChI is InChI=1S/C23H23ClN2O2/c24-20-8-10-21(11-9-20)28-17-23(27)26-14-12-25(13-15-26)16-19-6-3-5-18-4-1-2-7-22(18)19/h1-11H,12-17H2/p+1. The van der Waals surface area contributed by atoms with Gasteiger partial charge in [-0.05, 0) is 35.0 Å². The first-order chi connectivity index (χ1) is 13.7. The Morgan fingerprint density at radius 2 is 1.68 bits per heavy atom.